The quantitative estimate of drug-likeness (QED) is 0.825. The van der Waals surface area contributed by atoms with E-state index < -0.39 is 10.0 Å². The lowest BCUT2D eigenvalue weighted by atomic mass is 10.1. The van der Waals surface area contributed by atoms with Crippen LogP contribution in [0.25, 0.3) is 0 Å². The lowest BCUT2D eigenvalue weighted by molar-refractivity contribution is 0.414. The first-order valence-corrected chi connectivity index (χ1v) is 7.88. The van der Waals surface area contributed by atoms with Crippen LogP contribution in [-0.2, 0) is 10.0 Å². The fourth-order valence-electron chi connectivity index (χ4n) is 2.48. The van der Waals surface area contributed by atoms with E-state index in [1.165, 1.54) is 19.2 Å². The van der Waals surface area contributed by atoms with Gasteiger partial charge in [-0.2, -0.15) is 0 Å². The molecule has 0 spiro atoms. The van der Waals surface area contributed by atoms with Gasteiger partial charge >= 0.3 is 0 Å². The molecule has 6 heteroatoms. The van der Waals surface area contributed by atoms with Gasteiger partial charge in [0.25, 0.3) is 0 Å². The molecule has 5 nitrogen and oxygen atoms in total. The van der Waals surface area contributed by atoms with Crippen molar-refractivity contribution in [3.8, 4) is 5.75 Å². The highest BCUT2D eigenvalue weighted by atomic mass is 32.2. The Balaban J connectivity index is 2.24. The third kappa shape index (κ3) is 3.01. The molecule has 1 aliphatic carbocycles. The number of rotatable bonds is 4. The number of sulfonamides is 1. The van der Waals surface area contributed by atoms with E-state index in [0.717, 1.165) is 19.3 Å². The third-order valence-electron chi connectivity index (χ3n) is 3.67. The van der Waals surface area contributed by atoms with E-state index in [4.69, 9.17) is 10.5 Å². The Morgan fingerprint density at radius 1 is 1.37 bits per heavy atom. The van der Waals surface area contributed by atoms with Crippen molar-refractivity contribution in [2.24, 2.45) is 5.92 Å². The lowest BCUT2D eigenvalue weighted by Crippen LogP contribution is -2.36. The second-order valence-electron chi connectivity index (χ2n) is 5.04. The number of nitrogens with one attached hydrogen (secondary N) is 1. The van der Waals surface area contributed by atoms with E-state index in [1.807, 2.05) is 0 Å². The fourth-order valence-corrected chi connectivity index (χ4v) is 3.97. The van der Waals surface area contributed by atoms with Gasteiger partial charge in [0, 0.05) is 12.1 Å². The van der Waals surface area contributed by atoms with Gasteiger partial charge in [-0.3, -0.25) is 0 Å². The molecule has 19 heavy (non-hydrogen) atoms. The van der Waals surface area contributed by atoms with Crippen molar-refractivity contribution < 1.29 is 13.2 Å². The van der Waals surface area contributed by atoms with E-state index in [2.05, 4.69) is 11.6 Å². The second kappa shape index (κ2) is 5.38. The summed E-state index contributed by atoms with van der Waals surface area (Å²) in [6.45, 7) is 2.07. The molecule has 1 fully saturated rings. The first kappa shape index (κ1) is 14.1. The van der Waals surface area contributed by atoms with Crippen molar-refractivity contribution in [2.45, 2.75) is 37.1 Å². The number of nitrogen functional groups attached to an aromatic ring is 1. The Hall–Kier alpha value is -1.27. The summed E-state index contributed by atoms with van der Waals surface area (Å²) in [5.41, 5.74) is 6.00. The molecule has 2 rings (SSSR count). The van der Waals surface area contributed by atoms with E-state index in [9.17, 15) is 8.42 Å². The molecule has 0 aliphatic heterocycles. The van der Waals surface area contributed by atoms with Crippen molar-refractivity contribution >= 4 is 15.7 Å². The predicted octanol–water partition coefficient (Wildman–Crippen LogP) is 1.74. The zero-order valence-electron chi connectivity index (χ0n) is 11.2. The molecule has 106 valence electrons. The van der Waals surface area contributed by atoms with Crippen LogP contribution >= 0.6 is 0 Å². The van der Waals surface area contributed by atoms with Crippen LogP contribution in [0.15, 0.2) is 23.1 Å². The van der Waals surface area contributed by atoms with Crippen molar-refractivity contribution in [1.29, 1.82) is 0 Å². The summed E-state index contributed by atoms with van der Waals surface area (Å²) in [7, 11) is -2.05. The summed E-state index contributed by atoms with van der Waals surface area (Å²) >= 11 is 0. The fraction of sp³-hybridized carbons (Fsp3) is 0.538. The highest BCUT2D eigenvalue weighted by Gasteiger charge is 2.29. The maximum absolute atomic E-state index is 12.3. The molecular weight excluding hydrogens is 264 g/mol. The minimum atomic E-state index is -3.56. The van der Waals surface area contributed by atoms with E-state index >= 15 is 0 Å². The number of ether oxygens (including phenoxy) is 1. The Morgan fingerprint density at radius 2 is 2.11 bits per heavy atom. The van der Waals surface area contributed by atoms with Crippen LogP contribution in [0, 0.1) is 5.92 Å². The molecule has 2 unspecified atom stereocenters. The third-order valence-corrected chi connectivity index (χ3v) is 5.24. The minimum absolute atomic E-state index is 0.00602. The molecule has 1 aromatic rings. The molecule has 1 saturated carbocycles. The predicted molar refractivity (Wildman–Crippen MR) is 74.5 cm³/mol. The number of anilines is 1. The molecule has 0 amide bonds. The molecule has 0 heterocycles. The van der Waals surface area contributed by atoms with E-state index in [-0.39, 0.29) is 16.6 Å². The minimum Gasteiger partial charge on any atom is -0.497 e. The van der Waals surface area contributed by atoms with Gasteiger partial charge in [0.2, 0.25) is 10.0 Å². The highest BCUT2D eigenvalue weighted by molar-refractivity contribution is 7.89. The normalized spacial score (nSPS) is 23.5. The maximum atomic E-state index is 12.3. The molecule has 2 atom stereocenters. The van der Waals surface area contributed by atoms with Crippen molar-refractivity contribution in [3.05, 3.63) is 18.2 Å². The van der Waals surface area contributed by atoms with E-state index in [1.54, 1.807) is 6.07 Å². The number of hydrogen-bond donors (Lipinski definition) is 2. The molecule has 1 aliphatic rings. The second-order valence-corrected chi connectivity index (χ2v) is 6.72. The zero-order chi connectivity index (χ0) is 14.0. The molecule has 3 N–H and O–H groups in total. The number of hydrogen-bond acceptors (Lipinski definition) is 4. The summed E-state index contributed by atoms with van der Waals surface area (Å²) in [4.78, 5) is 0.118. The molecule has 0 aromatic heterocycles. The largest absolute Gasteiger partial charge is 0.497 e. The standard InChI is InChI=1S/C13H20N2O3S/c1-9-4-3-5-12(9)15-19(16,17)13-7-6-10(18-2)8-11(13)14/h6-9,12,15H,3-5,14H2,1-2H3. The number of benzene rings is 1. The molecule has 1 aromatic carbocycles. The molecule has 0 saturated heterocycles. The van der Waals surface area contributed by atoms with Gasteiger partial charge in [-0.15, -0.1) is 0 Å². The van der Waals surface area contributed by atoms with Crippen molar-refractivity contribution in [3.63, 3.8) is 0 Å². The Morgan fingerprint density at radius 3 is 2.63 bits per heavy atom. The van der Waals surface area contributed by atoms with Gasteiger partial charge in [-0.25, -0.2) is 13.1 Å². The Kier molecular flexibility index (Phi) is 4.01. The highest BCUT2D eigenvalue weighted by Crippen LogP contribution is 2.28. The van der Waals surface area contributed by atoms with Crippen LogP contribution in [0.1, 0.15) is 26.2 Å². The van der Waals surface area contributed by atoms with Crippen LogP contribution in [0.2, 0.25) is 0 Å². The lowest BCUT2D eigenvalue weighted by Gasteiger charge is -2.18. The summed E-state index contributed by atoms with van der Waals surface area (Å²) in [5.74, 6) is 0.917. The first-order chi connectivity index (χ1) is 8.94. The van der Waals surface area contributed by atoms with Gasteiger partial charge < -0.3 is 10.5 Å². The Labute approximate surface area is 114 Å². The van der Waals surface area contributed by atoms with Gasteiger partial charge in [-0.1, -0.05) is 13.3 Å². The van der Waals surface area contributed by atoms with E-state index in [0.29, 0.717) is 11.7 Å². The van der Waals surface area contributed by atoms with Gasteiger partial charge in [-0.05, 0) is 30.9 Å². The van der Waals surface area contributed by atoms with Crippen molar-refractivity contribution in [2.75, 3.05) is 12.8 Å². The zero-order valence-corrected chi connectivity index (χ0v) is 12.0. The Bertz CT molecular complexity index is 557. The summed E-state index contributed by atoms with van der Waals surface area (Å²) in [5, 5.41) is 0. The van der Waals surface area contributed by atoms with Crippen LogP contribution < -0.4 is 15.2 Å². The first-order valence-electron chi connectivity index (χ1n) is 6.40. The van der Waals surface area contributed by atoms with Gasteiger partial charge in [0.15, 0.2) is 0 Å². The molecule has 0 radical (unpaired) electrons. The topological polar surface area (TPSA) is 81.4 Å². The molecular formula is C13H20N2O3S. The summed E-state index contributed by atoms with van der Waals surface area (Å²) < 4.78 is 32.4. The van der Waals surface area contributed by atoms with Crippen LogP contribution in [0.3, 0.4) is 0 Å². The van der Waals surface area contributed by atoms with Crippen molar-refractivity contribution in [1.82, 2.24) is 4.72 Å². The smallest absolute Gasteiger partial charge is 0.242 e. The van der Waals surface area contributed by atoms with Crippen LogP contribution in [-0.4, -0.2) is 21.6 Å². The number of methoxy groups -OCH3 is 1. The average Bonchev–Trinajstić information content (AvgIpc) is 2.73. The van der Waals surface area contributed by atoms with Crippen LogP contribution in [0.5, 0.6) is 5.75 Å². The summed E-state index contributed by atoms with van der Waals surface area (Å²) in [6.07, 6.45) is 3.01. The maximum Gasteiger partial charge on any atom is 0.242 e. The SMILES string of the molecule is COc1ccc(S(=O)(=O)NC2CCCC2C)c(N)c1. The van der Waals surface area contributed by atoms with Gasteiger partial charge in [0.1, 0.15) is 10.6 Å². The number of nitrogens with two attached hydrogens (primary N) is 1. The molecule has 0 bridgehead atoms. The van der Waals surface area contributed by atoms with Gasteiger partial charge in [0.05, 0.1) is 12.8 Å². The summed E-state index contributed by atoms with van der Waals surface area (Å²) in [6, 6.07) is 4.61. The monoisotopic (exact) mass is 284 g/mol. The van der Waals surface area contributed by atoms with Crippen LogP contribution in [0.4, 0.5) is 5.69 Å². The average molecular weight is 284 g/mol.